The van der Waals surface area contributed by atoms with Crippen molar-refractivity contribution < 1.29 is 18.1 Å². The monoisotopic (exact) mass is 350 g/mol. The predicted molar refractivity (Wildman–Crippen MR) is 90.7 cm³/mol. The van der Waals surface area contributed by atoms with Gasteiger partial charge in [-0.3, -0.25) is 14.8 Å². The van der Waals surface area contributed by atoms with Crippen molar-refractivity contribution in [2.45, 2.75) is 31.3 Å². The Balaban J connectivity index is 2.12. The molecule has 0 aliphatic carbocycles. The van der Waals surface area contributed by atoms with Crippen molar-refractivity contribution in [2.75, 3.05) is 4.72 Å². The Morgan fingerprint density at radius 2 is 1.71 bits per heavy atom. The molecule has 0 fully saturated rings. The van der Waals surface area contributed by atoms with Crippen LogP contribution in [0.2, 0.25) is 0 Å². The molecule has 0 amide bonds. The van der Waals surface area contributed by atoms with Gasteiger partial charge in [0.2, 0.25) is 0 Å². The molecule has 2 aromatic carbocycles. The third-order valence-corrected chi connectivity index (χ3v) is 4.77. The zero-order valence-electron chi connectivity index (χ0n) is 13.3. The number of hydrogen-bond acceptors (Lipinski definition) is 5. The van der Waals surface area contributed by atoms with E-state index in [1.54, 1.807) is 24.3 Å². The van der Waals surface area contributed by atoms with Crippen LogP contribution < -0.4 is 9.46 Å². The molecule has 1 atom stereocenters. The van der Waals surface area contributed by atoms with Crippen molar-refractivity contribution >= 4 is 21.4 Å². The van der Waals surface area contributed by atoms with Gasteiger partial charge in [0.05, 0.1) is 15.9 Å². The predicted octanol–water partition coefficient (Wildman–Crippen LogP) is 3.57. The number of nitro groups is 1. The maximum atomic E-state index is 12.3. The minimum atomic E-state index is -3.81. The van der Waals surface area contributed by atoms with E-state index < -0.39 is 14.9 Å². The molecule has 0 saturated heterocycles. The van der Waals surface area contributed by atoms with Crippen LogP contribution in [-0.2, 0) is 10.0 Å². The van der Waals surface area contributed by atoms with Gasteiger partial charge in [0.25, 0.3) is 15.7 Å². The van der Waals surface area contributed by atoms with E-state index in [0.717, 1.165) is 18.6 Å². The van der Waals surface area contributed by atoms with Gasteiger partial charge in [0, 0.05) is 17.8 Å². The summed E-state index contributed by atoms with van der Waals surface area (Å²) in [6, 6.07) is 11.2. The first-order valence-corrected chi connectivity index (χ1v) is 8.84. The summed E-state index contributed by atoms with van der Waals surface area (Å²) in [7, 11) is -3.81. The number of ether oxygens (including phenoxy) is 1. The highest BCUT2D eigenvalue weighted by Crippen LogP contribution is 2.22. The molecule has 1 N–H and O–H groups in total. The number of hydrogen-bond donors (Lipinski definition) is 1. The van der Waals surface area contributed by atoms with E-state index in [0.29, 0.717) is 11.4 Å². The van der Waals surface area contributed by atoms with Gasteiger partial charge in [0.15, 0.2) is 0 Å². The molecule has 0 radical (unpaired) electrons. The van der Waals surface area contributed by atoms with E-state index in [-0.39, 0.29) is 16.7 Å². The van der Waals surface area contributed by atoms with E-state index in [1.807, 2.05) is 13.8 Å². The Morgan fingerprint density at radius 3 is 2.21 bits per heavy atom. The molecule has 24 heavy (non-hydrogen) atoms. The highest BCUT2D eigenvalue weighted by atomic mass is 32.2. The fourth-order valence-electron chi connectivity index (χ4n) is 1.88. The Bertz CT molecular complexity index is 801. The van der Waals surface area contributed by atoms with Crippen LogP contribution >= 0.6 is 0 Å². The Morgan fingerprint density at radius 1 is 1.12 bits per heavy atom. The SMILES string of the molecule is CCC(C)Oc1ccc(NS(=O)(=O)c2ccc([N+](=O)[O-])cc2)cc1. The van der Waals surface area contributed by atoms with Crippen molar-refractivity contribution in [3.63, 3.8) is 0 Å². The van der Waals surface area contributed by atoms with E-state index in [4.69, 9.17) is 4.74 Å². The smallest absolute Gasteiger partial charge is 0.269 e. The molecule has 0 aromatic heterocycles. The lowest BCUT2D eigenvalue weighted by atomic mass is 10.3. The van der Waals surface area contributed by atoms with Gasteiger partial charge in [-0.1, -0.05) is 6.92 Å². The summed E-state index contributed by atoms with van der Waals surface area (Å²) >= 11 is 0. The lowest BCUT2D eigenvalue weighted by molar-refractivity contribution is -0.384. The normalized spacial score (nSPS) is 12.4. The van der Waals surface area contributed by atoms with Gasteiger partial charge in [-0.25, -0.2) is 8.42 Å². The summed E-state index contributed by atoms with van der Waals surface area (Å²) in [4.78, 5) is 9.98. The molecule has 128 valence electrons. The molecular weight excluding hydrogens is 332 g/mol. The van der Waals surface area contributed by atoms with Crippen LogP contribution in [0.25, 0.3) is 0 Å². The van der Waals surface area contributed by atoms with Crippen LogP contribution in [0.5, 0.6) is 5.75 Å². The number of non-ortho nitro benzene ring substituents is 1. The van der Waals surface area contributed by atoms with Crippen molar-refractivity contribution in [3.05, 3.63) is 58.6 Å². The van der Waals surface area contributed by atoms with Crippen LogP contribution in [-0.4, -0.2) is 19.4 Å². The molecule has 0 aliphatic heterocycles. The number of rotatable bonds is 7. The van der Waals surface area contributed by atoms with Crippen LogP contribution in [0.15, 0.2) is 53.4 Å². The quantitative estimate of drug-likeness (QED) is 0.608. The van der Waals surface area contributed by atoms with E-state index in [2.05, 4.69) is 4.72 Å². The zero-order chi connectivity index (χ0) is 17.7. The maximum absolute atomic E-state index is 12.3. The van der Waals surface area contributed by atoms with Crippen molar-refractivity contribution in [1.29, 1.82) is 0 Å². The van der Waals surface area contributed by atoms with Crippen LogP contribution in [0, 0.1) is 10.1 Å². The summed E-state index contributed by atoms with van der Waals surface area (Å²) in [6.07, 6.45) is 0.946. The Hall–Kier alpha value is -2.61. The van der Waals surface area contributed by atoms with Crippen molar-refractivity contribution in [3.8, 4) is 5.75 Å². The number of benzene rings is 2. The minimum absolute atomic E-state index is 0.0481. The van der Waals surface area contributed by atoms with Gasteiger partial charge in [-0.15, -0.1) is 0 Å². The molecular formula is C16H18N2O5S. The first-order chi connectivity index (χ1) is 11.3. The minimum Gasteiger partial charge on any atom is -0.491 e. The van der Waals surface area contributed by atoms with E-state index in [9.17, 15) is 18.5 Å². The summed E-state index contributed by atoms with van der Waals surface area (Å²) in [5, 5.41) is 10.6. The van der Waals surface area contributed by atoms with Gasteiger partial charge in [-0.05, 0) is 49.7 Å². The highest BCUT2D eigenvalue weighted by molar-refractivity contribution is 7.92. The summed E-state index contributed by atoms with van der Waals surface area (Å²) < 4.78 is 32.6. The third kappa shape index (κ3) is 4.45. The summed E-state index contributed by atoms with van der Waals surface area (Å²) in [5.74, 6) is 0.655. The topological polar surface area (TPSA) is 98.5 Å². The fraction of sp³-hybridized carbons (Fsp3) is 0.250. The lowest BCUT2D eigenvalue weighted by Gasteiger charge is -2.13. The molecule has 8 heteroatoms. The van der Waals surface area contributed by atoms with Crippen molar-refractivity contribution in [2.24, 2.45) is 0 Å². The molecule has 0 aliphatic rings. The van der Waals surface area contributed by atoms with Crippen LogP contribution in [0.4, 0.5) is 11.4 Å². The molecule has 2 aromatic rings. The van der Waals surface area contributed by atoms with Gasteiger partial charge in [-0.2, -0.15) is 0 Å². The standard InChI is InChI=1S/C16H18N2O5S/c1-3-12(2)23-15-8-4-13(5-9-15)17-24(21,22)16-10-6-14(7-11-16)18(19)20/h4-12,17H,3H2,1-2H3. The number of sulfonamides is 1. The van der Waals surface area contributed by atoms with Gasteiger partial charge < -0.3 is 4.74 Å². The van der Waals surface area contributed by atoms with E-state index in [1.165, 1.54) is 12.1 Å². The fourth-order valence-corrected chi connectivity index (χ4v) is 2.94. The Kier molecular flexibility index (Phi) is 5.40. The largest absolute Gasteiger partial charge is 0.491 e. The van der Waals surface area contributed by atoms with Gasteiger partial charge >= 0.3 is 0 Å². The Labute approximate surface area is 140 Å². The average Bonchev–Trinajstić information content (AvgIpc) is 2.56. The second-order valence-corrected chi connectivity index (χ2v) is 6.90. The first-order valence-electron chi connectivity index (χ1n) is 7.36. The maximum Gasteiger partial charge on any atom is 0.269 e. The molecule has 1 unspecified atom stereocenters. The number of anilines is 1. The zero-order valence-corrected chi connectivity index (χ0v) is 14.1. The van der Waals surface area contributed by atoms with E-state index >= 15 is 0 Å². The molecule has 0 bridgehead atoms. The van der Waals surface area contributed by atoms with Crippen molar-refractivity contribution in [1.82, 2.24) is 0 Å². The second kappa shape index (κ2) is 7.31. The summed E-state index contributed by atoms with van der Waals surface area (Å²) in [6.45, 7) is 3.96. The third-order valence-electron chi connectivity index (χ3n) is 3.38. The summed E-state index contributed by atoms with van der Waals surface area (Å²) in [5.41, 5.74) is 0.213. The second-order valence-electron chi connectivity index (χ2n) is 5.22. The molecule has 7 nitrogen and oxygen atoms in total. The van der Waals surface area contributed by atoms with Gasteiger partial charge in [0.1, 0.15) is 5.75 Å². The molecule has 0 spiro atoms. The number of nitrogens with zero attached hydrogens (tertiary/aromatic N) is 1. The molecule has 2 rings (SSSR count). The lowest BCUT2D eigenvalue weighted by Crippen LogP contribution is -2.13. The van der Waals surface area contributed by atoms with Crippen LogP contribution in [0.1, 0.15) is 20.3 Å². The number of nitro benzene ring substituents is 1. The first kappa shape index (κ1) is 17.7. The average molecular weight is 350 g/mol. The van der Waals surface area contributed by atoms with Crippen LogP contribution in [0.3, 0.4) is 0 Å². The number of nitrogens with one attached hydrogen (secondary N) is 1. The molecule has 0 heterocycles. The highest BCUT2D eigenvalue weighted by Gasteiger charge is 2.16. The molecule has 0 saturated carbocycles.